The van der Waals surface area contributed by atoms with Gasteiger partial charge in [0.2, 0.25) is 0 Å². The van der Waals surface area contributed by atoms with Gasteiger partial charge in [-0.3, -0.25) is 28.8 Å². The molecule has 21 heteroatoms. The Morgan fingerprint density at radius 3 is 0.898 bits per heavy atom. The Balaban J connectivity index is 0.990. The number of rotatable bonds is 30. The van der Waals surface area contributed by atoms with Crippen LogP contribution in [0.5, 0.6) is 0 Å². The number of carbonyl (C=O) groups is 6. The molecule has 9 aromatic rings. The van der Waals surface area contributed by atoms with Gasteiger partial charge in [-0.25, -0.2) is 13.2 Å². The molecule has 18 N–H and O–H groups in total. The first kappa shape index (κ1) is 63.4. The van der Waals surface area contributed by atoms with Crippen LogP contribution >= 0.6 is 0 Å². The van der Waals surface area contributed by atoms with Crippen molar-refractivity contribution in [3.63, 3.8) is 0 Å². The van der Waals surface area contributed by atoms with Crippen molar-refractivity contribution in [3.05, 3.63) is 197 Å². The molecule has 9 rings (SSSR count). The van der Waals surface area contributed by atoms with E-state index in [9.17, 15) is 41.9 Å². The van der Waals surface area contributed by atoms with E-state index < -0.39 is 75.1 Å². The number of nitrogens with one attached hydrogen (secondary N) is 6. The largest absolute Gasteiger partial charge is 0.361 e. The number of fused-ring (bicyclic) bond motifs is 3. The molecule has 18 nitrogen and oxygen atoms in total. The van der Waals surface area contributed by atoms with Crippen molar-refractivity contribution in [2.45, 2.75) is 99.6 Å². The number of anilines is 3. The lowest BCUT2D eigenvalue weighted by molar-refractivity contribution is -0.134. The Kier molecular flexibility index (Phi) is 20.0. The molecule has 0 spiro atoms. The maximum absolute atomic E-state index is 14.3. The van der Waals surface area contributed by atoms with Crippen LogP contribution in [0.15, 0.2) is 146 Å². The third-order valence-corrected chi connectivity index (χ3v) is 16.5. The van der Waals surface area contributed by atoms with Crippen molar-refractivity contribution in [1.29, 1.82) is 0 Å². The van der Waals surface area contributed by atoms with E-state index in [-0.39, 0.29) is 38.5 Å². The quantitative estimate of drug-likeness (QED) is 0.0115. The molecule has 3 amide bonds. The molecule has 0 aliphatic rings. The number of halogens is 3. The highest BCUT2D eigenvalue weighted by Crippen LogP contribution is 2.36. The molecular weight excluding hydrogens is 1130 g/mol. The van der Waals surface area contributed by atoms with Crippen LogP contribution in [-0.4, -0.2) is 86.3 Å². The zero-order valence-corrected chi connectivity index (χ0v) is 48.6. The van der Waals surface area contributed by atoms with Crippen molar-refractivity contribution >= 4 is 84.8 Å². The molecule has 0 aliphatic heterocycles. The van der Waals surface area contributed by atoms with Crippen LogP contribution in [0.3, 0.4) is 0 Å². The monoisotopic (exact) mass is 1200 g/mol. The molecular formula is C67H73F3N12O6. The van der Waals surface area contributed by atoms with Crippen LogP contribution in [0.2, 0.25) is 0 Å². The predicted octanol–water partition coefficient (Wildman–Crippen LogP) is 8.46. The van der Waals surface area contributed by atoms with E-state index in [0.717, 1.165) is 0 Å². The maximum atomic E-state index is 14.3. The number of aromatic nitrogens is 3. The summed E-state index contributed by atoms with van der Waals surface area (Å²) in [5.41, 5.74) is 38.2. The van der Waals surface area contributed by atoms with Crippen LogP contribution in [0.25, 0.3) is 32.7 Å². The van der Waals surface area contributed by atoms with Crippen molar-refractivity contribution in [1.82, 2.24) is 15.0 Å². The summed E-state index contributed by atoms with van der Waals surface area (Å²) in [6, 6.07) is 33.3. The first-order valence-corrected chi connectivity index (χ1v) is 29.3. The molecule has 3 aromatic heterocycles. The van der Waals surface area contributed by atoms with Crippen molar-refractivity contribution in [2.24, 2.45) is 34.4 Å². The topological polar surface area (TPSA) is 342 Å². The average molecular weight is 1200 g/mol. The van der Waals surface area contributed by atoms with Crippen LogP contribution < -0.4 is 50.4 Å². The fourth-order valence-corrected chi connectivity index (χ4v) is 11.2. The van der Waals surface area contributed by atoms with Gasteiger partial charge in [-0.1, -0.05) is 36.4 Å². The van der Waals surface area contributed by atoms with Crippen LogP contribution in [0, 0.1) is 17.5 Å². The lowest BCUT2D eigenvalue weighted by Crippen LogP contribution is -2.58. The first-order chi connectivity index (χ1) is 42.3. The molecule has 0 aliphatic carbocycles. The van der Waals surface area contributed by atoms with Crippen molar-refractivity contribution in [2.75, 3.05) is 35.6 Å². The summed E-state index contributed by atoms with van der Waals surface area (Å²) in [4.78, 5) is 94.4. The van der Waals surface area contributed by atoms with E-state index in [1.807, 2.05) is 0 Å². The number of hydrogen-bond acceptors (Lipinski definition) is 12. The van der Waals surface area contributed by atoms with Gasteiger partial charge in [0.15, 0.2) is 34.0 Å². The minimum absolute atomic E-state index is 0.00695. The second kappa shape index (κ2) is 27.7. The van der Waals surface area contributed by atoms with Gasteiger partial charge in [0.05, 0.1) is 0 Å². The Bertz CT molecular complexity index is 3590. The number of unbranched alkanes of at least 4 members (excludes halogenated alkanes) is 3. The van der Waals surface area contributed by atoms with Gasteiger partial charge < -0.3 is 65.3 Å². The van der Waals surface area contributed by atoms with Gasteiger partial charge in [0, 0.05) is 93.5 Å². The Hall–Kier alpha value is -9.09. The summed E-state index contributed by atoms with van der Waals surface area (Å²) in [5.74, 6) is -5.95. The molecule has 0 fully saturated rings. The molecule has 3 atom stereocenters. The third kappa shape index (κ3) is 14.2. The molecule has 0 saturated heterocycles. The molecule has 3 heterocycles. The van der Waals surface area contributed by atoms with E-state index in [4.69, 9.17) is 34.4 Å². The molecule has 6 aromatic carbocycles. The minimum atomic E-state index is -1.99. The van der Waals surface area contributed by atoms with Crippen molar-refractivity contribution < 1.29 is 41.9 Å². The van der Waals surface area contributed by atoms with Crippen LogP contribution in [0.4, 0.5) is 30.2 Å². The molecule has 458 valence electrons. The van der Waals surface area contributed by atoms with Gasteiger partial charge in [-0.2, -0.15) is 0 Å². The second-order valence-electron chi connectivity index (χ2n) is 22.6. The van der Waals surface area contributed by atoms with E-state index >= 15 is 0 Å². The zero-order chi connectivity index (χ0) is 62.8. The van der Waals surface area contributed by atoms with E-state index in [1.54, 1.807) is 110 Å². The molecule has 0 bridgehead atoms. The summed E-state index contributed by atoms with van der Waals surface area (Å²) in [6.45, 7) is 0.949. The van der Waals surface area contributed by atoms with Crippen LogP contribution in [0.1, 0.15) is 97.1 Å². The maximum Gasteiger partial charge on any atom is 0.252 e. The first-order valence-electron chi connectivity index (χ1n) is 29.3. The smallest absolute Gasteiger partial charge is 0.252 e. The number of benzene rings is 6. The molecule has 0 unspecified atom stereocenters. The highest BCUT2D eigenvalue weighted by molar-refractivity contribution is 6.18. The predicted molar refractivity (Wildman–Crippen MR) is 337 cm³/mol. The summed E-state index contributed by atoms with van der Waals surface area (Å²) in [5, 5.41) is 10.0. The van der Waals surface area contributed by atoms with E-state index in [2.05, 4.69) is 30.9 Å². The number of nitrogens with two attached hydrogens (primary N) is 6. The average Bonchev–Trinajstić information content (AvgIpc) is 2.62. The van der Waals surface area contributed by atoms with E-state index in [1.165, 1.54) is 36.4 Å². The zero-order valence-electron chi connectivity index (χ0n) is 48.6. The van der Waals surface area contributed by atoms with Crippen LogP contribution in [-0.2, 0) is 48.0 Å². The lowest BCUT2D eigenvalue weighted by atomic mass is 9.83. The number of aromatic amines is 3. The Labute approximate surface area is 506 Å². The number of H-pyrrole nitrogens is 3. The molecule has 0 saturated carbocycles. The summed E-state index contributed by atoms with van der Waals surface area (Å²) >= 11 is 0. The summed E-state index contributed by atoms with van der Waals surface area (Å²) in [7, 11) is 0. The standard InChI is InChI=1S/C67H73F3N12O6/c68-46-13-22-55-52(34-46)43(37-77-55)31-58(83)65(74,25-1-4-28-71)62(86)80-49-16-7-40(8-17-49)61(41-9-18-50(19-10-41)81-63(87)66(75,26-2-5-29-72)59(84)32-44-38-78-56-23-14-47(69)35-53(44)56)42-11-20-51(21-12-42)82-64(88)67(76,27-3-6-30-73)60(85)33-45-39-79-57-24-15-48(70)36-54(45)57/h7-24,34-39,61,77-79H,1-6,25-33,71-76H2,(H,80,86)(H,81,87)(H,82,88)/t65-,66-,67-/m1/s1. The minimum Gasteiger partial charge on any atom is -0.361 e. The number of Topliss-reactive ketones (excluding diaryl/α,β-unsaturated/α-hetero) is 3. The summed E-state index contributed by atoms with van der Waals surface area (Å²) < 4.78 is 43.0. The van der Waals surface area contributed by atoms with Crippen molar-refractivity contribution in [3.8, 4) is 0 Å². The van der Waals surface area contributed by atoms with Gasteiger partial charge in [-0.05, 0) is 202 Å². The summed E-state index contributed by atoms with van der Waals surface area (Å²) in [6.07, 6.45) is 6.70. The molecule has 0 radical (unpaired) electrons. The second-order valence-corrected chi connectivity index (χ2v) is 22.6. The van der Waals surface area contributed by atoms with Gasteiger partial charge in [0.25, 0.3) is 17.7 Å². The highest BCUT2D eigenvalue weighted by Gasteiger charge is 2.44. The molecule has 88 heavy (non-hydrogen) atoms. The van der Waals surface area contributed by atoms with Gasteiger partial charge in [-0.15, -0.1) is 0 Å². The van der Waals surface area contributed by atoms with Gasteiger partial charge in [0.1, 0.15) is 17.5 Å². The fraction of sp³-hybridized carbons (Fsp3) is 0.284. The Morgan fingerprint density at radius 2 is 0.648 bits per heavy atom. The normalized spacial score (nSPS) is 13.7. The number of amides is 3. The van der Waals surface area contributed by atoms with E-state index in [0.29, 0.717) is 141 Å². The fourth-order valence-electron chi connectivity index (χ4n) is 11.2. The highest BCUT2D eigenvalue weighted by atomic mass is 19.1. The lowest BCUT2D eigenvalue weighted by Gasteiger charge is -2.28. The third-order valence-electron chi connectivity index (χ3n) is 16.5. The number of carbonyl (C=O) groups excluding carboxylic acids is 6. The number of hydrogen-bond donors (Lipinski definition) is 12. The number of ketones is 3. The van der Waals surface area contributed by atoms with Gasteiger partial charge >= 0.3 is 0 Å². The Morgan fingerprint density at radius 1 is 0.386 bits per heavy atom. The SMILES string of the molecule is NCCCC[C@@](N)(C(=O)Cc1c[nH]c2ccc(F)cc12)C(=O)Nc1ccc(C(c2ccc(NC(=O)[C@@](N)(CCCCN)C(=O)Cc3c[nH]c4ccc(F)cc34)cc2)c2ccc(NC(=O)[C@@](N)(CCCCN)C(=O)Cc3c[nH]c4ccc(F)cc34)cc2)cc1.